The Morgan fingerprint density at radius 1 is 1.05 bits per heavy atom. The highest BCUT2D eigenvalue weighted by Crippen LogP contribution is 2.20. The fourth-order valence-electron chi connectivity index (χ4n) is 2.60. The summed E-state index contributed by atoms with van der Waals surface area (Å²) < 4.78 is 2.08. The zero-order valence-electron chi connectivity index (χ0n) is 11.9. The van der Waals surface area contributed by atoms with Gasteiger partial charge in [0.2, 0.25) is 0 Å². The Kier molecular flexibility index (Phi) is 3.52. The van der Waals surface area contributed by atoms with E-state index < -0.39 is 0 Å². The van der Waals surface area contributed by atoms with Crippen LogP contribution >= 0.6 is 0 Å². The highest BCUT2D eigenvalue weighted by atomic mass is 15.3. The molecule has 0 aliphatic rings. The number of nitrogens with zero attached hydrogens (tertiary/aromatic N) is 2. The Morgan fingerprint density at radius 2 is 1.85 bits per heavy atom. The first-order valence-electron chi connectivity index (χ1n) is 6.92. The lowest BCUT2D eigenvalue weighted by Crippen LogP contribution is -2.08. The standard InChI is InChI=1S/C17H19N3/c1-13-16(10-18-2)11-19-20(13)12-15-8-5-7-14-6-3-4-9-17(14)15/h3-9,11,18H,10,12H2,1-2H3. The average Bonchev–Trinajstić information content (AvgIpc) is 2.81. The van der Waals surface area contributed by atoms with Crippen molar-refractivity contribution >= 4 is 10.8 Å². The van der Waals surface area contributed by atoms with Crippen molar-refractivity contribution in [3.63, 3.8) is 0 Å². The molecule has 0 fully saturated rings. The average molecular weight is 265 g/mol. The Balaban J connectivity index is 1.97. The molecule has 0 spiro atoms. The summed E-state index contributed by atoms with van der Waals surface area (Å²) in [7, 11) is 1.96. The summed E-state index contributed by atoms with van der Waals surface area (Å²) in [5, 5.41) is 10.3. The summed E-state index contributed by atoms with van der Waals surface area (Å²) >= 11 is 0. The second-order valence-corrected chi connectivity index (χ2v) is 5.08. The second kappa shape index (κ2) is 5.47. The van der Waals surface area contributed by atoms with E-state index in [4.69, 9.17) is 0 Å². The van der Waals surface area contributed by atoms with Crippen molar-refractivity contribution in [1.29, 1.82) is 0 Å². The van der Waals surface area contributed by atoms with Crippen molar-refractivity contribution < 1.29 is 0 Å². The van der Waals surface area contributed by atoms with Crippen LogP contribution in [-0.2, 0) is 13.1 Å². The fraction of sp³-hybridized carbons (Fsp3) is 0.235. The molecule has 3 aromatic rings. The Labute approximate surface area is 119 Å². The van der Waals surface area contributed by atoms with Gasteiger partial charge in [-0.3, -0.25) is 4.68 Å². The molecule has 102 valence electrons. The fourth-order valence-corrected chi connectivity index (χ4v) is 2.60. The van der Waals surface area contributed by atoms with Crippen LogP contribution in [0.5, 0.6) is 0 Å². The molecule has 3 heteroatoms. The molecule has 1 aromatic heterocycles. The maximum Gasteiger partial charge on any atom is 0.0668 e. The number of rotatable bonds is 4. The summed E-state index contributed by atoms with van der Waals surface area (Å²) in [6.45, 7) is 3.81. The van der Waals surface area contributed by atoms with Gasteiger partial charge < -0.3 is 5.32 Å². The van der Waals surface area contributed by atoms with Gasteiger partial charge >= 0.3 is 0 Å². The molecular formula is C17H19N3. The first kappa shape index (κ1) is 12.9. The third-order valence-corrected chi connectivity index (χ3v) is 3.77. The van der Waals surface area contributed by atoms with Gasteiger partial charge in [0, 0.05) is 17.8 Å². The van der Waals surface area contributed by atoms with Crippen molar-refractivity contribution in [2.24, 2.45) is 0 Å². The van der Waals surface area contributed by atoms with E-state index in [1.54, 1.807) is 0 Å². The van der Waals surface area contributed by atoms with Gasteiger partial charge in [-0.1, -0.05) is 42.5 Å². The normalized spacial score (nSPS) is 11.1. The highest BCUT2D eigenvalue weighted by molar-refractivity contribution is 5.85. The predicted molar refractivity (Wildman–Crippen MR) is 82.8 cm³/mol. The lowest BCUT2D eigenvalue weighted by atomic mass is 10.0. The quantitative estimate of drug-likeness (QED) is 0.785. The van der Waals surface area contributed by atoms with E-state index >= 15 is 0 Å². The van der Waals surface area contributed by atoms with E-state index in [2.05, 4.69) is 64.5 Å². The monoisotopic (exact) mass is 265 g/mol. The Bertz CT molecular complexity index is 723. The molecule has 1 heterocycles. The molecule has 0 amide bonds. The summed E-state index contributed by atoms with van der Waals surface area (Å²) in [6.07, 6.45) is 1.96. The van der Waals surface area contributed by atoms with Crippen LogP contribution in [0.3, 0.4) is 0 Å². The van der Waals surface area contributed by atoms with Crippen LogP contribution in [0.15, 0.2) is 48.7 Å². The second-order valence-electron chi connectivity index (χ2n) is 5.08. The number of aromatic nitrogens is 2. The number of hydrogen-bond acceptors (Lipinski definition) is 2. The molecule has 3 nitrogen and oxygen atoms in total. The zero-order chi connectivity index (χ0) is 13.9. The van der Waals surface area contributed by atoms with Gasteiger partial charge in [-0.25, -0.2) is 0 Å². The van der Waals surface area contributed by atoms with Crippen LogP contribution in [-0.4, -0.2) is 16.8 Å². The molecular weight excluding hydrogens is 246 g/mol. The first-order valence-corrected chi connectivity index (χ1v) is 6.92. The molecule has 0 saturated carbocycles. The van der Waals surface area contributed by atoms with Crippen molar-refractivity contribution in [1.82, 2.24) is 15.1 Å². The van der Waals surface area contributed by atoms with E-state index in [0.717, 1.165) is 13.1 Å². The molecule has 20 heavy (non-hydrogen) atoms. The summed E-state index contributed by atoms with van der Waals surface area (Å²) in [5.74, 6) is 0. The Hall–Kier alpha value is -2.13. The smallest absolute Gasteiger partial charge is 0.0668 e. The lowest BCUT2D eigenvalue weighted by molar-refractivity contribution is 0.664. The predicted octanol–water partition coefficient (Wildman–Crippen LogP) is 3.11. The molecule has 0 radical (unpaired) electrons. The van der Waals surface area contributed by atoms with Crippen LogP contribution in [0, 0.1) is 6.92 Å². The molecule has 1 N–H and O–H groups in total. The van der Waals surface area contributed by atoms with Gasteiger partial charge in [0.25, 0.3) is 0 Å². The van der Waals surface area contributed by atoms with E-state index in [-0.39, 0.29) is 0 Å². The minimum Gasteiger partial charge on any atom is -0.316 e. The maximum absolute atomic E-state index is 4.51. The van der Waals surface area contributed by atoms with E-state index in [1.807, 2.05) is 13.2 Å². The van der Waals surface area contributed by atoms with Crippen molar-refractivity contribution in [2.45, 2.75) is 20.0 Å². The van der Waals surface area contributed by atoms with Crippen LogP contribution in [0.2, 0.25) is 0 Å². The minimum atomic E-state index is 0.816. The maximum atomic E-state index is 4.51. The SMILES string of the molecule is CNCc1cnn(Cc2cccc3ccccc23)c1C. The van der Waals surface area contributed by atoms with Gasteiger partial charge in [0.15, 0.2) is 0 Å². The number of fused-ring (bicyclic) bond motifs is 1. The number of nitrogens with one attached hydrogen (secondary N) is 1. The number of hydrogen-bond donors (Lipinski definition) is 1. The molecule has 3 rings (SSSR count). The molecule has 0 bridgehead atoms. The van der Waals surface area contributed by atoms with Crippen LogP contribution in [0.4, 0.5) is 0 Å². The largest absolute Gasteiger partial charge is 0.316 e. The Morgan fingerprint density at radius 3 is 2.70 bits per heavy atom. The number of benzene rings is 2. The van der Waals surface area contributed by atoms with E-state index in [1.165, 1.54) is 27.6 Å². The van der Waals surface area contributed by atoms with Crippen LogP contribution < -0.4 is 5.32 Å². The first-order chi connectivity index (χ1) is 9.79. The van der Waals surface area contributed by atoms with E-state index in [0.29, 0.717) is 0 Å². The third-order valence-electron chi connectivity index (χ3n) is 3.77. The van der Waals surface area contributed by atoms with Crippen molar-refractivity contribution in [3.8, 4) is 0 Å². The van der Waals surface area contributed by atoms with Crippen LogP contribution in [0.1, 0.15) is 16.8 Å². The lowest BCUT2D eigenvalue weighted by Gasteiger charge is -2.09. The van der Waals surface area contributed by atoms with Crippen molar-refractivity contribution in [3.05, 3.63) is 65.5 Å². The highest BCUT2D eigenvalue weighted by Gasteiger charge is 2.07. The molecule has 2 aromatic carbocycles. The molecule has 0 aliphatic heterocycles. The van der Waals surface area contributed by atoms with Crippen molar-refractivity contribution in [2.75, 3.05) is 7.05 Å². The molecule has 0 unspecified atom stereocenters. The minimum absolute atomic E-state index is 0.816. The molecule has 0 aliphatic carbocycles. The molecule has 0 atom stereocenters. The summed E-state index contributed by atoms with van der Waals surface area (Å²) in [4.78, 5) is 0. The molecule has 0 saturated heterocycles. The summed E-state index contributed by atoms with van der Waals surface area (Å²) in [5.41, 5.74) is 3.80. The topological polar surface area (TPSA) is 29.9 Å². The third kappa shape index (κ3) is 2.32. The van der Waals surface area contributed by atoms with Gasteiger partial charge in [-0.15, -0.1) is 0 Å². The van der Waals surface area contributed by atoms with Gasteiger partial charge in [0.05, 0.1) is 12.7 Å². The summed E-state index contributed by atoms with van der Waals surface area (Å²) in [6, 6.07) is 15.0. The van der Waals surface area contributed by atoms with Gasteiger partial charge in [-0.2, -0.15) is 5.10 Å². The van der Waals surface area contributed by atoms with Gasteiger partial charge in [0.1, 0.15) is 0 Å². The zero-order valence-corrected chi connectivity index (χ0v) is 11.9. The van der Waals surface area contributed by atoms with Gasteiger partial charge in [-0.05, 0) is 30.3 Å². The van der Waals surface area contributed by atoms with E-state index in [9.17, 15) is 0 Å². The van der Waals surface area contributed by atoms with Crippen LogP contribution in [0.25, 0.3) is 10.8 Å².